The molecule has 194 valence electrons. The van der Waals surface area contributed by atoms with E-state index in [-0.39, 0.29) is 28.9 Å². The Balaban J connectivity index is 1.45. The molecule has 1 aromatic carbocycles. The molecule has 7 nitrogen and oxygen atoms in total. The van der Waals surface area contributed by atoms with Gasteiger partial charge in [0.05, 0.1) is 13.1 Å². The van der Waals surface area contributed by atoms with E-state index in [9.17, 15) is 9.59 Å². The number of nitrogens with one attached hydrogen (secondary N) is 1. The summed E-state index contributed by atoms with van der Waals surface area (Å²) in [7, 11) is 0. The molecule has 2 unspecified atom stereocenters. The van der Waals surface area contributed by atoms with E-state index in [1.165, 1.54) is 6.42 Å². The van der Waals surface area contributed by atoms with E-state index in [1.807, 2.05) is 43.7 Å². The summed E-state index contributed by atoms with van der Waals surface area (Å²) in [6, 6.07) is 10.3. The topological polar surface area (TPSA) is 76.5 Å². The Hall–Kier alpha value is -2.83. The van der Waals surface area contributed by atoms with Gasteiger partial charge in [0.25, 0.3) is 5.91 Å². The van der Waals surface area contributed by atoms with E-state index < -0.39 is 5.60 Å². The monoisotopic (exact) mass is 492 g/mol. The second-order valence-corrected chi connectivity index (χ2v) is 12.9. The Morgan fingerprint density at radius 1 is 1.17 bits per heavy atom. The van der Waals surface area contributed by atoms with Gasteiger partial charge in [-0.3, -0.25) is 9.48 Å². The van der Waals surface area contributed by atoms with Crippen molar-refractivity contribution in [1.82, 2.24) is 20.0 Å². The van der Waals surface area contributed by atoms with E-state index >= 15 is 0 Å². The first-order valence-corrected chi connectivity index (χ1v) is 13.3. The van der Waals surface area contributed by atoms with Crippen LogP contribution in [0.1, 0.15) is 88.1 Å². The van der Waals surface area contributed by atoms with Crippen molar-refractivity contribution in [3.8, 4) is 0 Å². The summed E-state index contributed by atoms with van der Waals surface area (Å²) in [4.78, 5) is 28.4. The fraction of sp³-hybridized carbons (Fsp3) is 0.621. The lowest BCUT2D eigenvalue weighted by atomic mass is 9.68. The van der Waals surface area contributed by atoms with Crippen LogP contribution in [0.15, 0.2) is 30.3 Å². The summed E-state index contributed by atoms with van der Waals surface area (Å²) in [6.45, 7) is 14.0. The number of fused-ring (bicyclic) bond motifs is 3. The number of hydrogen-bond donors (Lipinski definition) is 1. The van der Waals surface area contributed by atoms with E-state index in [0.29, 0.717) is 37.7 Å². The smallest absolute Gasteiger partial charge is 0.410 e. The first-order chi connectivity index (χ1) is 16.9. The predicted octanol–water partition coefficient (Wildman–Crippen LogP) is 5.17. The molecule has 7 heteroatoms. The number of ether oxygens (including phenoxy) is 1. The maximum Gasteiger partial charge on any atom is 0.410 e. The van der Waals surface area contributed by atoms with Crippen LogP contribution in [0, 0.1) is 16.7 Å². The second-order valence-electron chi connectivity index (χ2n) is 12.9. The minimum atomic E-state index is -0.572. The zero-order valence-electron chi connectivity index (χ0n) is 22.6. The van der Waals surface area contributed by atoms with E-state index in [4.69, 9.17) is 9.84 Å². The third-order valence-electron chi connectivity index (χ3n) is 8.72. The van der Waals surface area contributed by atoms with Gasteiger partial charge < -0.3 is 15.0 Å². The van der Waals surface area contributed by atoms with Gasteiger partial charge in [0.15, 0.2) is 5.69 Å². The van der Waals surface area contributed by atoms with Crippen LogP contribution in [-0.2, 0) is 24.2 Å². The normalized spacial score (nSPS) is 26.6. The van der Waals surface area contributed by atoms with Crippen molar-refractivity contribution < 1.29 is 14.3 Å². The van der Waals surface area contributed by atoms with Crippen molar-refractivity contribution in [1.29, 1.82) is 0 Å². The summed E-state index contributed by atoms with van der Waals surface area (Å²) in [5.74, 6) is 0.510. The van der Waals surface area contributed by atoms with Crippen LogP contribution >= 0.6 is 0 Å². The minimum absolute atomic E-state index is 0.0534. The molecular weight excluding hydrogens is 452 g/mol. The van der Waals surface area contributed by atoms with Gasteiger partial charge in [-0.05, 0) is 62.3 Å². The van der Waals surface area contributed by atoms with Crippen LogP contribution in [0.3, 0.4) is 0 Å². The molecule has 2 bridgehead atoms. The molecule has 0 radical (unpaired) electrons. The molecular formula is C29H40N4O3. The third-order valence-corrected chi connectivity index (χ3v) is 8.72. The number of carbonyl (C=O) groups excluding carboxylic acids is 2. The molecule has 2 aliphatic carbocycles. The first kappa shape index (κ1) is 24.8. The molecule has 2 amide bonds. The highest BCUT2D eigenvalue weighted by Gasteiger charge is 2.59. The number of carbonyl (C=O) groups is 2. The van der Waals surface area contributed by atoms with Gasteiger partial charge in [0.1, 0.15) is 5.60 Å². The molecule has 1 aromatic heterocycles. The van der Waals surface area contributed by atoms with Gasteiger partial charge in [0, 0.05) is 30.3 Å². The van der Waals surface area contributed by atoms with E-state index in [2.05, 4.69) is 38.2 Å². The summed E-state index contributed by atoms with van der Waals surface area (Å²) in [5, 5.41) is 8.27. The van der Waals surface area contributed by atoms with Crippen LogP contribution in [0.2, 0.25) is 0 Å². The number of hydrogen-bond acceptors (Lipinski definition) is 4. The van der Waals surface area contributed by atoms with Gasteiger partial charge in [-0.15, -0.1) is 0 Å². The van der Waals surface area contributed by atoms with Gasteiger partial charge in [0.2, 0.25) is 0 Å². The average Bonchev–Trinajstić information content (AvgIpc) is 3.43. The molecule has 3 atom stereocenters. The molecule has 2 fully saturated rings. The maximum atomic E-state index is 13.8. The lowest BCUT2D eigenvalue weighted by Gasteiger charge is -2.43. The van der Waals surface area contributed by atoms with Crippen molar-refractivity contribution in [2.45, 2.75) is 92.0 Å². The highest BCUT2D eigenvalue weighted by Crippen LogP contribution is 2.62. The lowest BCUT2D eigenvalue weighted by Crippen LogP contribution is -2.52. The molecule has 5 rings (SSSR count). The molecule has 36 heavy (non-hydrogen) atoms. The first-order valence-electron chi connectivity index (χ1n) is 13.3. The molecule has 1 aliphatic heterocycles. The van der Waals surface area contributed by atoms with Crippen LogP contribution in [0.5, 0.6) is 0 Å². The largest absolute Gasteiger partial charge is 0.444 e. The Kier molecular flexibility index (Phi) is 5.96. The molecule has 3 aliphatic rings. The van der Waals surface area contributed by atoms with Crippen molar-refractivity contribution >= 4 is 12.0 Å². The predicted molar refractivity (Wildman–Crippen MR) is 139 cm³/mol. The summed E-state index contributed by atoms with van der Waals surface area (Å²) in [6.07, 6.45) is 3.84. The zero-order chi connectivity index (χ0) is 25.9. The summed E-state index contributed by atoms with van der Waals surface area (Å²) < 4.78 is 7.59. The van der Waals surface area contributed by atoms with Crippen molar-refractivity contribution in [2.24, 2.45) is 16.7 Å². The fourth-order valence-corrected chi connectivity index (χ4v) is 6.90. The molecule has 0 spiro atoms. The Morgan fingerprint density at radius 3 is 2.53 bits per heavy atom. The van der Waals surface area contributed by atoms with Crippen LogP contribution in [0.25, 0.3) is 0 Å². The van der Waals surface area contributed by atoms with Crippen molar-refractivity contribution in [3.63, 3.8) is 0 Å². The average molecular weight is 493 g/mol. The molecule has 0 saturated heterocycles. The summed E-state index contributed by atoms with van der Waals surface area (Å²) in [5.41, 5.74) is 3.05. The quantitative estimate of drug-likeness (QED) is 0.639. The SMILES string of the molecule is CC(C)(C)OC(=O)N1CCc2c(c(C(=O)N[C@H]3C4(C)CCC(C4)C3(C)C)nn2Cc2ccccc2)C1. The maximum absolute atomic E-state index is 13.8. The number of rotatable bonds is 4. The van der Waals surface area contributed by atoms with Crippen LogP contribution < -0.4 is 5.32 Å². The Labute approximate surface area is 214 Å². The van der Waals surface area contributed by atoms with Crippen LogP contribution in [-0.4, -0.2) is 44.9 Å². The molecule has 2 heterocycles. The molecule has 1 N–H and O–H groups in total. The van der Waals surface area contributed by atoms with Gasteiger partial charge in [-0.1, -0.05) is 51.1 Å². The summed E-state index contributed by atoms with van der Waals surface area (Å²) >= 11 is 0. The van der Waals surface area contributed by atoms with Crippen molar-refractivity contribution in [3.05, 3.63) is 52.8 Å². The van der Waals surface area contributed by atoms with Gasteiger partial charge >= 0.3 is 6.09 Å². The highest BCUT2D eigenvalue weighted by atomic mass is 16.6. The number of benzene rings is 1. The Morgan fingerprint density at radius 2 is 1.89 bits per heavy atom. The number of aromatic nitrogens is 2. The number of amides is 2. The fourth-order valence-electron chi connectivity index (χ4n) is 6.90. The van der Waals surface area contributed by atoms with Crippen molar-refractivity contribution in [2.75, 3.05) is 6.54 Å². The standard InChI is InChI=1S/C29H40N4O3/c1-27(2,3)36-26(35)32-15-13-22-21(18-32)23(31-33(22)17-19-10-8-7-9-11-19)24(34)30-25-28(4,5)20-12-14-29(25,6)16-20/h7-11,20,25H,12-18H2,1-6H3,(H,30,34)/t20?,25-,29?/m1/s1. The highest BCUT2D eigenvalue weighted by molar-refractivity contribution is 5.94. The zero-order valence-corrected chi connectivity index (χ0v) is 22.6. The second kappa shape index (κ2) is 8.63. The van der Waals surface area contributed by atoms with Gasteiger partial charge in [-0.2, -0.15) is 5.10 Å². The molecule has 2 saturated carbocycles. The minimum Gasteiger partial charge on any atom is -0.444 e. The third kappa shape index (κ3) is 4.41. The van der Waals surface area contributed by atoms with E-state index in [1.54, 1.807) is 4.90 Å². The Bertz CT molecular complexity index is 1160. The van der Waals surface area contributed by atoms with Gasteiger partial charge in [-0.25, -0.2) is 4.79 Å². The number of nitrogens with zero attached hydrogens (tertiary/aromatic N) is 3. The molecule has 2 aromatic rings. The lowest BCUT2D eigenvalue weighted by molar-refractivity contribution is 0.0221. The van der Waals surface area contributed by atoms with Crippen LogP contribution in [0.4, 0.5) is 4.79 Å². The van der Waals surface area contributed by atoms with E-state index in [0.717, 1.165) is 29.7 Å².